The largest absolute Gasteiger partial charge is 0.369 e. The Bertz CT molecular complexity index is 585. The Hall–Kier alpha value is -0.990. The lowest BCUT2D eigenvalue weighted by molar-refractivity contribution is 0.802. The number of rotatable bonds is 2. The summed E-state index contributed by atoms with van der Waals surface area (Å²) in [5.41, 5.74) is 5.41. The first-order valence-corrected chi connectivity index (χ1v) is 8.44. The summed E-state index contributed by atoms with van der Waals surface area (Å²) in [4.78, 5) is 2.43. The predicted molar refractivity (Wildman–Crippen MR) is 90.1 cm³/mol. The molecule has 0 atom stereocenters. The highest BCUT2D eigenvalue weighted by Gasteiger charge is 2.18. The predicted octanol–water partition coefficient (Wildman–Crippen LogP) is 4.84. The van der Waals surface area contributed by atoms with Crippen LogP contribution in [0.15, 0.2) is 42.5 Å². The van der Waals surface area contributed by atoms with E-state index in [1.807, 2.05) is 12.1 Å². The van der Waals surface area contributed by atoms with E-state index in [9.17, 15) is 0 Å². The van der Waals surface area contributed by atoms with Gasteiger partial charge in [0.25, 0.3) is 0 Å². The van der Waals surface area contributed by atoms with Gasteiger partial charge in [-0.1, -0.05) is 63.9 Å². The highest BCUT2D eigenvalue weighted by atomic mass is 79.9. The molecule has 1 nitrogen and oxygen atoms in total. The lowest BCUT2D eigenvalue weighted by Crippen LogP contribution is -2.27. The smallest absolute Gasteiger partial charge is 0.0642 e. The summed E-state index contributed by atoms with van der Waals surface area (Å²) in [5, 5.41) is 1.69. The van der Waals surface area contributed by atoms with Crippen LogP contribution in [0.4, 0.5) is 5.69 Å². The van der Waals surface area contributed by atoms with Crippen molar-refractivity contribution in [2.24, 2.45) is 0 Å². The summed E-state index contributed by atoms with van der Waals surface area (Å²) < 4.78 is 0. The van der Waals surface area contributed by atoms with E-state index in [1.54, 1.807) is 0 Å². The summed E-state index contributed by atoms with van der Waals surface area (Å²) in [5.74, 6) is 0. The molecule has 0 aromatic heterocycles. The molecule has 1 aliphatic rings. The topological polar surface area (TPSA) is 3.24 Å². The molecule has 1 heterocycles. The van der Waals surface area contributed by atoms with Crippen molar-refractivity contribution >= 4 is 33.2 Å². The van der Waals surface area contributed by atoms with Gasteiger partial charge in [0, 0.05) is 18.4 Å². The van der Waals surface area contributed by atoms with E-state index < -0.39 is 0 Å². The summed E-state index contributed by atoms with van der Waals surface area (Å²) >= 11 is 10.0. The van der Waals surface area contributed by atoms with Gasteiger partial charge in [-0.15, -0.1) is 0 Å². The SMILES string of the molecule is Clc1cccc(CBr)c1N1CCc2ccccc2CC1. The molecule has 0 saturated carbocycles. The van der Waals surface area contributed by atoms with E-state index in [0.29, 0.717) is 0 Å². The van der Waals surface area contributed by atoms with E-state index in [0.717, 1.165) is 36.3 Å². The monoisotopic (exact) mass is 349 g/mol. The van der Waals surface area contributed by atoms with Crippen LogP contribution >= 0.6 is 27.5 Å². The molecule has 0 N–H and O–H groups in total. The Morgan fingerprint density at radius 2 is 1.60 bits per heavy atom. The summed E-state index contributed by atoms with van der Waals surface area (Å²) in [6.45, 7) is 2.06. The minimum absolute atomic E-state index is 0.840. The molecule has 0 amide bonds. The maximum atomic E-state index is 6.44. The van der Waals surface area contributed by atoms with Gasteiger partial charge in [-0.3, -0.25) is 0 Å². The van der Waals surface area contributed by atoms with E-state index in [2.05, 4.69) is 51.2 Å². The number of hydrogen-bond acceptors (Lipinski definition) is 1. The molecule has 0 unspecified atom stereocenters. The highest BCUT2D eigenvalue weighted by Crippen LogP contribution is 2.32. The Labute approximate surface area is 133 Å². The van der Waals surface area contributed by atoms with Crippen LogP contribution in [0.3, 0.4) is 0 Å². The zero-order valence-corrected chi connectivity index (χ0v) is 13.6. The Morgan fingerprint density at radius 1 is 0.950 bits per heavy atom. The molecule has 0 bridgehead atoms. The van der Waals surface area contributed by atoms with Crippen molar-refractivity contribution < 1.29 is 0 Å². The van der Waals surface area contributed by atoms with Crippen molar-refractivity contribution in [3.63, 3.8) is 0 Å². The molecule has 20 heavy (non-hydrogen) atoms. The van der Waals surface area contributed by atoms with Crippen LogP contribution in [0, 0.1) is 0 Å². The first-order valence-electron chi connectivity index (χ1n) is 6.94. The Morgan fingerprint density at radius 3 is 2.20 bits per heavy atom. The lowest BCUT2D eigenvalue weighted by atomic mass is 10.0. The summed E-state index contributed by atoms with van der Waals surface area (Å²) in [6.07, 6.45) is 2.17. The average Bonchev–Trinajstić information content (AvgIpc) is 2.69. The van der Waals surface area contributed by atoms with Crippen molar-refractivity contribution in [1.29, 1.82) is 0 Å². The second-order valence-corrected chi connectivity index (χ2v) is 6.10. The number of benzene rings is 2. The molecule has 3 heteroatoms. The Balaban J connectivity index is 1.91. The third-order valence-electron chi connectivity index (χ3n) is 3.95. The number of fused-ring (bicyclic) bond motifs is 1. The maximum Gasteiger partial charge on any atom is 0.0642 e. The van der Waals surface area contributed by atoms with Gasteiger partial charge in [-0.25, -0.2) is 0 Å². The van der Waals surface area contributed by atoms with Gasteiger partial charge in [0.15, 0.2) is 0 Å². The van der Waals surface area contributed by atoms with Crippen LogP contribution in [-0.2, 0) is 18.2 Å². The number of hydrogen-bond donors (Lipinski definition) is 0. The maximum absolute atomic E-state index is 6.44. The van der Waals surface area contributed by atoms with Crippen molar-refractivity contribution in [2.75, 3.05) is 18.0 Å². The normalized spacial score (nSPS) is 14.8. The van der Waals surface area contributed by atoms with Crippen molar-refractivity contribution in [3.8, 4) is 0 Å². The van der Waals surface area contributed by atoms with Crippen LogP contribution in [0.1, 0.15) is 16.7 Å². The third kappa shape index (κ3) is 2.72. The lowest BCUT2D eigenvalue weighted by Gasteiger charge is -2.26. The van der Waals surface area contributed by atoms with Crippen molar-refractivity contribution in [2.45, 2.75) is 18.2 Å². The van der Waals surface area contributed by atoms with Gasteiger partial charge in [0.2, 0.25) is 0 Å². The molecule has 2 aromatic carbocycles. The van der Waals surface area contributed by atoms with Gasteiger partial charge in [-0.2, -0.15) is 0 Å². The zero-order chi connectivity index (χ0) is 13.9. The quantitative estimate of drug-likeness (QED) is 0.701. The molecule has 3 rings (SSSR count). The van der Waals surface area contributed by atoms with Crippen molar-refractivity contribution in [3.05, 3.63) is 64.2 Å². The number of anilines is 1. The fourth-order valence-electron chi connectivity index (χ4n) is 2.91. The van der Waals surface area contributed by atoms with Crippen LogP contribution in [0.2, 0.25) is 5.02 Å². The number of alkyl halides is 1. The molecule has 2 aromatic rings. The fourth-order valence-corrected chi connectivity index (χ4v) is 3.68. The molecule has 0 aliphatic carbocycles. The Kier molecular flexibility index (Phi) is 4.32. The molecule has 0 radical (unpaired) electrons. The molecule has 0 saturated heterocycles. The van der Waals surface area contributed by atoms with Gasteiger partial charge in [0.1, 0.15) is 0 Å². The number of nitrogens with zero attached hydrogens (tertiary/aromatic N) is 1. The number of halogens is 2. The van der Waals surface area contributed by atoms with Crippen LogP contribution in [-0.4, -0.2) is 13.1 Å². The first kappa shape index (κ1) is 14.0. The van der Waals surface area contributed by atoms with Crippen LogP contribution < -0.4 is 4.90 Å². The molecule has 1 aliphatic heterocycles. The molecule has 0 fully saturated rings. The first-order chi connectivity index (χ1) is 9.79. The highest BCUT2D eigenvalue weighted by molar-refractivity contribution is 9.08. The standard InChI is InChI=1S/C17H17BrClN/c18-12-15-6-3-7-16(19)17(15)20-10-8-13-4-1-2-5-14(13)9-11-20/h1-7H,8-12H2. The molecular formula is C17H17BrClN. The second-order valence-electron chi connectivity index (χ2n) is 5.14. The van der Waals surface area contributed by atoms with Gasteiger partial charge in [-0.05, 0) is 35.6 Å². The van der Waals surface area contributed by atoms with E-state index in [4.69, 9.17) is 11.6 Å². The van der Waals surface area contributed by atoms with E-state index in [-0.39, 0.29) is 0 Å². The summed E-state index contributed by atoms with van der Waals surface area (Å²) in [7, 11) is 0. The third-order valence-corrected chi connectivity index (χ3v) is 4.86. The average molecular weight is 351 g/mol. The summed E-state index contributed by atoms with van der Waals surface area (Å²) in [6, 6.07) is 14.9. The van der Waals surface area contributed by atoms with Gasteiger partial charge in [0.05, 0.1) is 10.7 Å². The van der Waals surface area contributed by atoms with Crippen LogP contribution in [0.25, 0.3) is 0 Å². The van der Waals surface area contributed by atoms with Gasteiger partial charge >= 0.3 is 0 Å². The number of para-hydroxylation sites is 1. The minimum atomic E-state index is 0.840. The minimum Gasteiger partial charge on any atom is -0.369 e. The zero-order valence-electron chi connectivity index (χ0n) is 11.3. The molecule has 0 spiro atoms. The second kappa shape index (κ2) is 6.19. The van der Waals surface area contributed by atoms with E-state index >= 15 is 0 Å². The molecular weight excluding hydrogens is 334 g/mol. The fraction of sp³-hybridized carbons (Fsp3) is 0.294. The van der Waals surface area contributed by atoms with Crippen LogP contribution in [0.5, 0.6) is 0 Å². The van der Waals surface area contributed by atoms with Crippen molar-refractivity contribution in [1.82, 2.24) is 0 Å². The molecule has 104 valence electrons. The van der Waals surface area contributed by atoms with E-state index in [1.165, 1.54) is 22.4 Å². The van der Waals surface area contributed by atoms with Gasteiger partial charge < -0.3 is 4.90 Å².